The van der Waals surface area contributed by atoms with E-state index in [-0.39, 0.29) is 11.6 Å². The van der Waals surface area contributed by atoms with E-state index in [0.717, 1.165) is 0 Å². The molecule has 0 atom stereocenters. The Hall–Kier alpha value is -0.900. The molecule has 2 nitrogen and oxygen atoms in total. The van der Waals surface area contributed by atoms with Crippen LogP contribution < -0.4 is 5.73 Å². The SMILES string of the molecule is Cc1cc(C(F)F)nc(CCl)c1N. The Balaban J connectivity index is 3.22. The van der Waals surface area contributed by atoms with Gasteiger partial charge in [-0.15, -0.1) is 11.6 Å². The van der Waals surface area contributed by atoms with Crippen molar-refractivity contribution in [1.29, 1.82) is 0 Å². The Kier molecular flexibility index (Phi) is 3.03. The number of hydrogen-bond acceptors (Lipinski definition) is 2. The highest BCUT2D eigenvalue weighted by molar-refractivity contribution is 6.17. The summed E-state index contributed by atoms with van der Waals surface area (Å²) in [6.07, 6.45) is -2.58. The minimum atomic E-state index is -2.58. The number of aromatic nitrogens is 1. The van der Waals surface area contributed by atoms with Crippen LogP contribution in [0.3, 0.4) is 0 Å². The summed E-state index contributed by atoms with van der Waals surface area (Å²) in [5.41, 5.74) is 6.58. The topological polar surface area (TPSA) is 38.9 Å². The van der Waals surface area contributed by atoms with Crippen LogP contribution in [0.25, 0.3) is 0 Å². The normalized spacial score (nSPS) is 10.8. The molecular weight excluding hydrogens is 198 g/mol. The van der Waals surface area contributed by atoms with Crippen molar-refractivity contribution in [2.75, 3.05) is 5.73 Å². The molecule has 0 radical (unpaired) electrons. The predicted octanol–water partition coefficient (Wildman–Crippen LogP) is 2.65. The predicted molar refractivity (Wildman–Crippen MR) is 47.9 cm³/mol. The first kappa shape index (κ1) is 10.2. The number of rotatable bonds is 2. The smallest absolute Gasteiger partial charge is 0.280 e. The van der Waals surface area contributed by atoms with Crippen LogP contribution >= 0.6 is 11.6 Å². The molecule has 0 amide bonds. The molecule has 1 rings (SSSR count). The van der Waals surface area contributed by atoms with E-state index in [9.17, 15) is 8.78 Å². The van der Waals surface area contributed by atoms with Crippen molar-refractivity contribution in [1.82, 2.24) is 4.98 Å². The van der Waals surface area contributed by atoms with Crippen LogP contribution in [0.4, 0.5) is 14.5 Å². The highest BCUT2D eigenvalue weighted by atomic mass is 35.5. The number of halogens is 3. The molecule has 1 aromatic heterocycles. The van der Waals surface area contributed by atoms with Crippen LogP contribution in [0.15, 0.2) is 6.07 Å². The summed E-state index contributed by atoms with van der Waals surface area (Å²) in [6.45, 7) is 1.65. The van der Waals surface area contributed by atoms with E-state index >= 15 is 0 Å². The fraction of sp³-hybridized carbons (Fsp3) is 0.375. The van der Waals surface area contributed by atoms with Gasteiger partial charge in [0.15, 0.2) is 0 Å². The molecule has 0 fully saturated rings. The lowest BCUT2D eigenvalue weighted by Gasteiger charge is -2.07. The van der Waals surface area contributed by atoms with Gasteiger partial charge >= 0.3 is 0 Å². The van der Waals surface area contributed by atoms with Gasteiger partial charge in [0.05, 0.1) is 17.3 Å². The summed E-state index contributed by atoms with van der Waals surface area (Å²) >= 11 is 5.49. The van der Waals surface area contributed by atoms with Crippen LogP contribution in [-0.4, -0.2) is 4.98 Å². The zero-order valence-corrected chi connectivity index (χ0v) is 7.78. The van der Waals surface area contributed by atoms with Crippen molar-refractivity contribution in [3.05, 3.63) is 23.0 Å². The van der Waals surface area contributed by atoms with Gasteiger partial charge in [-0.05, 0) is 18.6 Å². The van der Waals surface area contributed by atoms with Crippen LogP contribution in [-0.2, 0) is 5.88 Å². The van der Waals surface area contributed by atoms with Crippen molar-refractivity contribution in [3.63, 3.8) is 0 Å². The fourth-order valence-electron chi connectivity index (χ4n) is 0.989. The maximum Gasteiger partial charge on any atom is 0.280 e. The van der Waals surface area contributed by atoms with Gasteiger partial charge in [-0.25, -0.2) is 13.8 Å². The van der Waals surface area contributed by atoms with Crippen LogP contribution in [0, 0.1) is 6.92 Å². The van der Waals surface area contributed by atoms with Crippen molar-refractivity contribution in [2.24, 2.45) is 0 Å². The van der Waals surface area contributed by atoms with E-state index in [1.807, 2.05) is 0 Å². The molecule has 5 heteroatoms. The molecule has 0 unspecified atom stereocenters. The third kappa shape index (κ3) is 2.06. The summed E-state index contributed by atoms with van der Waals surface area (Å²) in [7, 11) is 0. The average molecular weight is 207 g/mol. The molecule has 0 bridgehead atoms. The third-order valence-electron chi connectivity index (χ3n) is 1.71. The molecule has 0 aliphatic heterocycles. The summed E-state index contributed by atoms with van der Waals surface area (Å²) in [6, 6.07) is 1.27. The van der Waals surface area contributed by atoms with Crippen molar-refractivity contribution in [2.45, 2.75) is 19.2 Å². The molecule has 0 saturated heterocycles. The van der Waals surface area contributed by atoms with Gasteiger partial charge in [-0.1, -0.05) is 0 Å². The quantitative estimate of drug-likeness (QED) is 0.756. The minimum Gasteiger partial charge on any atom is -0.397 e. The molecule has 2 N–H and O–H groups in total. The number of nitrogens with two attached hydrogens (primary N) is 1. The van der Waals surface area contributed by atoms with Gasteiger partial charge in [0.2, 0.25) is 0 Å². The van der Waals surface area contributed by atoms with Gasteiger partial charge in [-0.3, -0.25) is 0 Å². The molecule has 0 aromatic carbocycles. The molecule has 1 aromatic rings. The van der Waals surface area contributed by atoms with E-state index in [1.165, 1.54) is 6.07 Å². The van der Waals surface area contributed by atoms with Crippen LogP contribution in [0.1, 0.15) is 23.4 Å². The number of nitrogens with zero attached hydrogens (tertiary/aromatic N) is 1. The Bertz CT molecular complexity index is 315. The van der Waals surface area contributed by atoms with Crippen LogP contribution in [0.5, 0.6) is 0 Å². The van der Waals surface area contributed by atoms with Gasteiger partial charge in [0.25, 0.3) is 6.43 Å². The third-order valence-corrected chi connectivity index (χ3v) is 1.97. The average Bonchev–Trinajstić information content (AvgIpc) is 2.09. The number of alkyl halides is 3. The van der Waals surface area contributed by atoms with E-state index < -0.39 is 6.43 Å². The first-order valence-corrected chi connectivity index (χ1v) is 4.19. The molecule has 0 spiro atoms. The van der Waals surface area contributed by atoms with E-state index in [2.05, 4.69) is 4.98 Å². The first-order chi connectivity index (χ1) is 6.06. The zero-order chi connectivity index (χ0) is 10.0. The molecule has 0 aliphatic rings. The van der Waals surface area contributed by atoms with Gasteiger partial charge in [-0.2, -0.15) is 0 Å². The minimum absolute atomic E-state index is 0.0488. The summed E-state index contributed by atoms with van der Waals surface area (Å²) in [4.78, 5) is 3.64. The Labute approximate surface area is 79.7 Å². The van der Waals surface area contributed by atoms with Gasteiger partial charge in [0.1, 0.15) is 5.69 Å². The molecule has 1 heterocycles. The summed E-state index contributed by atoms with van der Waals surface area (Å²) in [5, 5.41) is 0. The van der Waals surface area contributed by atoms with Gasteiger partial charge in [0, 0.05) is 0 Å². The Morgan fingerprint density at radius 1 is 1.62 bits per heavy atom. The number of pyridine rings is 1. The summed E-state index contributed by atoms with van der Waals surface area (Å²) in [5.74, 6) is 0.0488. The number of hydrogen-bond donors (Lipinski definition) is 1. The largest absolute Gasteiger partial charge is 0.397 e. The van der Waals surface area contributed by atoms with E-state index in [1.54, 1.807) is 6.92 Å². The van der Waals surface area contributed by atoms with Crippen molar-refractivity contribution >= 4 is 17.3 Å². The Morgan fingerprint density at radius 2 is 2.23 bits per heavy atom. The maximum atomic E-state index is 12.2. The molecule has 0 aliphatic carbocycles. The second-order valence-corrected chi connectivity index (χ2v) is 2.93. The highest BCUT2D eigenvalue weighted by Gasteiger charge is 2.13. The Morgan fingerprint density at radius 3 is 2.69 bits per heavy atom. The van der Waals surface area contributed by atoms with Crippen molar-refractivity contribution in [3.8, 4) is 0 Å². The van der Waals surface area contributed by atoms with E-state index in [4.69, 9.17) is 17.3 Å². The molecular formula is C8H9ClF2N2. The number of aryl methyl sites for hydroxylation is 1. The van der Waals surface area contributed by atoms with Crippen molar-refractivity contribution < 1.29 is 8.78 Å². The lowest BCUT2D eigenvalue weighted by Crippen LogP contribution is -2.02. The van der Waals surface area contributed by atoms with Crippen LogP contribution in [0.2, 0.25) is 0 Å². The lowest BCUT2D eigenvalue weighted by molar-refractivity contribution is 0.146. The fourth-order valence-corrected chi connectivity index (χ4v) is 1.19. The standard InChI is InChI=1S/C8H9ClF2N2/c1-4-2-5(8(10)11)13-6(3-9)7(4)12/h2,8H,3,12H2,1H3. The number of anilines is 1. The second-order valence-electron chi connectivity index (χ2n) is 2.66. The second kappa shape index (κ2) is 3.87. The molecule has 13 heavy (non-hydrogen) atoms. The van der Waals surface area contributed by atoms with Gasteiger partial charge < -0.3 is 5.73 Å². The molecule has 0 saturated carbocycles. The molecule has 72 valence electrons. The lowest BCUT2D eigenvalue weighted by atomic mass is 10.2. The van der Waals surface area contributed by atoms with E-state index in [0.29, 0.717) is 16.9 Å². The zero-order valence-electron chi connectivity index (χ0n) is 7.02. The first-order valence-electron chi connectivity index (χ1n) is 3.66. The maximum absolute atomic E-state index is 12.2. The number of nitrogen functional groups attached to an aromatic ring is 1. The highest BCUT2D eigenvalue weighted by Crippen LogP contribution is 2.23. The summed E-state index contributed by atoms with van der Waals surface area (Å²) < 4.78 is 24.5. The monoisotopic (exact) mass is 206 g/mol.